The van der Waals surface area contributed by atoms with E-state index in [4.69, 9.17) is 14.2 Å². The number of amides is 1. The van der Waals surface area contributed by atoms with E-state index in [0.717, 1.165) is 0 Å². The quantitative estimate of drug-likeness (QED) is 0.611. The monoisotopic (exact) mass is 381 g/mol. The van der Waals surface area contributed by atoms with Crippen molar-refractivity contribution in [2.24, 2.45) is 0 Å². The summed E-state index contributed by atoms with van der Waals surface area (Å²) in [5.41, 5.74) is 2.61. The van der Waals surface area contributed by atoms with Crippen molar-refractivity contribution < 1.29 is 28.6 Å². The molecule has 0 saturated carbocycles. The zero-order chi connectivity index (χ0) is 20.1. The van der Waals surface area contributed by atoms with Crippen LogP contribution in [0.25, 0.3) is 11.6 Å². The molecule has 2 aromatic carbocycles. The summed E-state index contributed by atoms with van der Waals surface area (Å²) in [6, 6.07) is 11.9. The van der Waals surface area contributed by atoms with Crippen molar-refractivity contribution in [1.82, 2.24) is 0 Å². The van der Waals surface area contributed by atoms with Crippen LogP contribution in [0.3, 0.4) is 0 Å². The van der Waals surface area contributed by atoms with E-state index in [2.05, 4.69) is 5.32 Å². The van der Waals surface area contributed by atoms with E-state index in [9.17, 15) is 14.4 Å². The Balaban J connectivity index is 1.90. The van der Waals surface area contributed by atoms with Gasteiger partial charge in [0, 0.05) is 22.4 Å². The van der Waals surface area contributed by atoms with Gasteiger partial charge in [-0.3, -0.25) is 4.79 Å². The second kappa shape index (κ2) is 8.39. The van der Waals surface area contributed by atoms with Crippen molar-refractivity contribution in [3.05, 3.63) is 59.2 Å². The predicted octanol–water partition coefficient (Wildman–Crippen LogP) is 2.91. The van der Waals surface area contributed by atoms with Gasteiger partial charge in [-0.05, 0) is 31.2 Å². The van der Waals surface area contributed by atoms with Gasteiger partial charge in [0.25, 0.3) is 5.91 Å². The number of ether oxygens (including phenoxy) is 3. The minimum atomic E-state index is -0.479. The molecular formula is C21H19NO6. The molecule has 1 heterocycles. The average Bonchev–Trinajstić information content (AvgIpc) is 3.01. The first-order chi connectivity index (χ1) is 13.5. The fraction of sp³-hybridized carbons (Fsp3) is 0.190. The van der Waals surface area contributed by atoms with E-state index < -0.39 is 11.9 Å². The highest BCUT2D eigenvalue weighted by Crippen LogP contribution is 2.35. The zero-order valence-electron chi connectivity index (χ0n) is 15.5. The number of benzene rings is 2. The van der Waals surface area contributed by atoms with Crippen molar-refractivity contribution in [2.45, 2.75) is 6.92 Å². The molecule has 1 N–H and O–H groups in total. The van der Waals surface area contributed by atoms with Crippen molar-refractivity contribution >= 4 is 35.2 Å². The summed E-state index contributed by atoms with van der Waals surface area (Å²) >= 11 is 0. The number of fused-ring (bicyclic) bond motifs is 1. The maximum Gasteiger partial charge on any atom is 0.344 e. The molecule has 0 unspecified atom stereocenters. The number of nitrogens with one attached hydrogen (secondary N) is 1. The second-order valence-electron chi connectivity index (χ2n) is 5.90. The van der Waals surface area contributed by atoms with Gasteiger partial charge in [0.2, 0.25) is 0 Å². The van der Waals surface area contributed by atoms with Gasteiger partial charge < -0.3 is 19.5 Å². The molecular weight excluding hydrogens is 362 g/mol. The van der Waals surface area contributed by atoms with Gasteiger partial charge in [0.05, 0.1) is 19.3 Å². The summed E-state index contributed by atoms with van der Waals surface area (Å²) in [6.07, 6.45) is 1.68. The molecule has 28 heavy (non-hydrogen) atoms. The third-order valence-electron chi connectivity index (χ3n) is 4.09. The zero-order valence-corrected chi connectivity index (χ0v) is 15.5. The van der Waals surface area contributed by atoms with Gasteiger partial charge in [-0.1, -0.05) is 24.3 Å². The lowest BCUT2D eigenvalue weighted by Gasteiger charge is -2.09. The Bertz CT molecular complexity index is 963. The van der Waals surface area contributed by atoms with Gasteiger partial charge in [-0.25, -0.2) is 9.59 Å². The van der Waals surface area contributed by atoms with Gasteiger partial charge in [0.15, 0.2) is 6.61 Å². The number of rotatable bonds is 6. The number of anilines is 1. The van der Waals surface area contributed by atoms with Crippen LogP contribution in [-0.4, -0.2) is 38.2 Å². The summed E-state index contributed by atoms with van der Waals surface area (Å²) in [5.74, 6) is -0.788. The lowest BCUT2D eigenvalue weighted by atomic mass is 10.0. The summed E-state index contributed by atoms with van der Waals surface area (Å²) in [4.78, 5) is 35.7. The van der Waals surface area contributed by atoms with E-state index in [1.807, 2.05) is 0 Å². The van der Waals surface area contributed by atoms with Crippen molar-refractivity contribution in [3.8, 4) is 5.75 Å². The SMILES string of the molecule is CCOC(=O)COc1ccccc1/C=C1\C(=O)Nc2cc(C(=O)OC)ccc21. The summed E-state index contributed by atoms with van der Waals surface area (Å²) < 4.78 is 15.1. The van der Waals surface area contributed by atoms with Crippen molar-refractivity contribution in [3.63, 3.8) is 0 Å². The Kier molecular flexibility index (Phi) is 5.74. The van der Waals surface area contributed by atoms with Gasteiger partial charge in [-0.2, -0.15) is 0 Å². The number of carbonyl (C=O) groups is 3. The van der Waals surface area contributed by atoms with E-state index in [0.29, 0.717) is 33.7 Å². The number of hydrogen-bond donors (Lipinski definition) is 1. The molecule has 0 spiro atoms. The molecule has 0 atom stereocenters. The Morgan fingerprint density at radius 1 is 1.14 bits per heavy atom. The number of esters is 2. The summed E-state index contributed by atoms with van der Waals surface area (Å²) in [7, 11) is 1.30. The first-order valence-electron chi connectivity index (χ1n) is 8.66. The molecule has 7 heteroatoms. The molecule has 2 aromatic rings. The Morgan fingerprint density at radius 3 is 2.68 bits per heavy atom. The fourth-order valence-corrected chi connectivity index (χ4v) is 2.81. The molecule has 7 nitrogen and oxygen atoms in total. The second-order valence-corrected chi connectivity index (χ2v) is 5.90. The van der Waals surface area contributed by atoms with Crippen LogP contribution in [-0.2, 0) is 19.1 Å². The Hall–Kier alpha value is -3.61. The molecule has 1 aliphatic rings. The largest absolute Gasteiger partial charge is 0.481 e. The van der Waals surface area contributed by atoms with E-state index in [1.165, 1.54) is 7.11 Å². The standard InChI is InChI=1S/C21H19NO6/c1-3-27-19(23)12-28-18-7-5-4-6-13(18)10-16-15-9-8-14(21(25)26-2)11-17(15)22-20(16)24/h4-11H,3,12H2,1-2H3,(H,22,24)/b16-10-. The van der Waals surface area contributed by atoms with Gasteiger partial charge in [0.1, 0.15) is 5.75 Å². The van der Waals surface area contributed by atoms with Crippen LogP contribution >= 0.6 is 0 Å². The van der Waals surface area contributed by atoms with Gasteiger partial charge >= 0.3 is 11.9 Å². The number of carbonyl (C=O) groups excluding carboxylic acids is 3. The Morgan fingerprint density at radius 2 is 1.93 bits per heavy atom. The highest BCUT2D eigenvalue weighted by atomic mass is 16.6. The molecule has 1 aliphatic heterocycles. The van der Waals surface area contributed by atoms with Crippen LogP contribution in [0.15, 0.2) is 42.5 Å². The first kappa shape index (κ1) is 19.2. The fourth-order valence-electron chi connectivity index (χ4n) is 2.81. The van der Waals surface area contributed by atoms with Crippen LogP contribution in [0.2, 0.25) is 0 Å². The molecule has 0 radical (unpaired) electrons. The normalized spacial score (nSPS) is 13.6. The Labute approximate surface area is 161 Å². The number of para-hydroxylation sites is 1. The van der Waals surface area contributed by atoms with E-state index in [-0.39, 0.29) is 19.1 Å². The smallest absolute Gasteiger partial charge is 0.344 e. The maximum atomic E-state index is 12.4. The number of hydrogen-bond acceptors (Lipinski definition) is 6. The molecule has 3 rings (SSSR count). The van der Waals surface area contributed by atoms with Crippen LogP contribution in [0.4, 0.5) is 5.69 Å². The third kappa shape index (κ3) is 4.03. The van der Waals surface area contributed by atoms with E-state index >= 15 is 0 Å². The molecule has 0 aromatic heterocycles. The molecule has 0 fully saturated rings. The predicted molar refractivity (Wildman–Crippen MR) is 103 cm³/mol. The summed E-state index contributed by atoms with van der Waals surface area (Å²) in [6.45, 7) is 1.77. The summed E-state index contributed by atoms with van der Waals surface area (Å²) in [5, 5.41) is 2.74. The molecule has 0 saturated heterocycles. The maximum absolute atomic E-state index is 12.4. The molecule has 0 aliphatic carbocycles. The lowest BCUT2D eigenvalue weighted by molar-refractivity contribution is -0.145. The molecule has 0 bridgehead atoms. The molecule has 144 valence electrons. The minimum absolute atomic E-state index is 0.223. The van der Waals surface area contributed by atoms with Crippen molar-refractivity contribution in [2.75, 3.05) is 25.6 Å². The van der Waals surface area contributed by atoms with Gasteiger partial charge in [-0.15, -0.1) is 0 Å². The highest BCUT2D eigenvalue weighted by molar-refractivity contribution is 6.35. The highest BCUT2D eigenvalue weighted by Gasteiger charge is 2.25. The van der Waals surface area contributed by atoms with Crippen LogP contribution in [0, 0.1) is 0 Å². The number of methoxy groups -OCH3 is 1. The average molecular weight is 381 g/mol. The molecule has 1 amide bonds. The third-order valence-corrected chi connectivity index (χ3v) is 4.09. The van der Waals surface area contributed by atoms with Crippen LogP contribution in [0.1, 0.15) is 28.4 Å². The topological polar surface area (TPSA) is 90.9 Å². The van der Waals surface area contributed by atoms with Crippen LogP contribution in [0.5, 0.6) is 5.75 Å². The van der Waals surface area contributed by atoms with Crippen molar-refractivity contribution in [1.29, 1.82) is 0 Å². The van der Waals surface area contributed by atoms with E-state index in [1.54, 1.807) is 55.5 Å². The lowest BCUT2D eigenvalue weighted by Crippen LogP contribution is -2.15. The minimum Gasteiger partial charge on any atom is -0.481 e. The first-order valence-corrected chi connectivity index (χ1v) is 8.66. The van der Waals surface area contributed by atoms with Crippen LogP contribution < -0.4 is 10.1 Å².